The Labute approximate surface area is 141 Å². The highest BCUT2D eigenvalue weighted by Crippen LogP contribution is 2.18. The van der Waals surface area contributed by atoms with Crippen LogP contribution in [0.1, 0.15) is 36.0 Å². The molecule has 0 aliphatic rings. The van der Waals surface area contributed by atoms with E-state index in [1.165, 1.54) is 24.3 Å². The minimum atomic E-state index is -0.462. The Kier molecular flexibility index (Phi) is 7.11. The van der Waals surface area contributed by atoms with E-state index in [0.29, 0.717) is 23.7 Å². The highest BCUT2D eigenvalue weighted by Gasteiger charge is 2.08. The number of rotatable bonds is 9. The van der Waals surface area contributed by atoms with Gasteiger partial charge < -0.3 is 19.7 Å². The molecule has 0 saturated heterocycles. The van der Waals surface area contributed by atoms with E-state index in [4.69, 9.17) is 14.6 Å². The van der Waals surface area contributed by atoms with Crippen molar-refractivity contribution in [2.75, 3.05) is 13.2 Å². The number of hydrogen-bond donors (Lipinski definition) is 2. The van der Waals surface area contributed by atoms with E-state index in [1.54, 1.807) is 24.3 Å². The Morgan fingerprint density at radius 3 is 2.12 bits per heavy atom. The van der Waals surface area contributed by atoms with Crippen molar-refractivity contribution in [1.82, 2.24) is 0 Å². The second-order valence-electron chi connectivity index (χ2n) is 5.39. The Balaban J connectivity index is 1.78. The quantitative estimate of drug-likeness (QED) is 0.418. The van der Waals surface area contributed by atoms with Crippen LogP contribution in [-0.4, -0.2) is 29.4 Å². The van der Waals surface area contributed by atoms with Crippen molar-refractivity contribution in [2.45, 2.75) is 25.7 Å². The topological polar surface area (TPSA) is 76.0 Å². The number of hydrogen-bond acceptors (Lipinski definition) is 5. The molecular formula is C19H22O5. The lowest BCUT2D eigenvalue weighted by atomic mass is 10.2. The lowest BCUT2D eigenvalue weighted by Gasteiger charge is -2.07. The van der Waals surface area contributed by atoms with Gasteiger partial charge in [-0.2, -0.15) is 0 Å². The van der Waals surface area contributed by atoms with E-state index in [9.17, 15) is 9.90 Å². The zero-order chi connectivity index (χ0) is 17.2. The first-order valence-electron chi connectivity index (χ1n) is 8.04. The van der Waals surface area contributed by atoms with E-state index in [1.807, 2.05) is 0 Å². The van der Waals surface area contributed by atoms with Crippen molar-refractivity contribution >= 4 is 5.97 Å². The van der Waals surface area contributed by atoms with Crippen molar-refractivity contribution in [3.05, 3.63) is 54.1 Å². The van der Waals surface area contributed by atoms with Gasteiger partial charge in [0.25, 0.3) is 0 Å². The van der Waals surface area contributed by atoms with Crippen LogP contribution in [0, 0.1) is 0 Å². The first-order chi connectivity index (χ1) is 11.7. The minimum absolute atomic E-state index is 0.118. The van der Waals surface area contributed by atoms with Crippen molar-refractivity contribution < 1.29 is 24.5 Å². The van der Waals surface area contributed by atoms with Gasteiger partial charge >= 0.3 is 5.97 Å². The van der Waals surface area contributed by atoms with Gasteiger partial charge in [0.2, 0.25) is 0 Å². The Morgan fingerprint density at radius 1 is 0.833 bits per heavy atom. The first kappa shape index (κ1) is 17.8. The van der Waals surface area contributed by atoms with Crippen LogP contribution >= 0.6 is 0 Å². The molecule has 2 aromatic carbocycles. The molecule has 0 amide bonds. The van der Waals surface area contributed by atoms with E-state index >= 15 is 0 Å². The van der Waals surface area contributed by atoms with Gasteiger partial charge in [0.15, 0.2) is 0 Å². The Morgan fingerprint density at radius 2 is 1.46 bits per heavy atom. The van der Waals surface area contributed by atoms with E-state index in [-0.39, 0.29) is 12.4 Å². The molecule has 0 bridgehead atoms. The predicted octanol–water partition coefficient (Wildman–Crippen LogP) is 3.54. The number of aromatic hydroxyl groups is 1. The molecule has 0 saturated carbocycles. The molecule has 2 aromatic rings. The van der Waals surface area contributed by atoms with E-state index in [2.05, 4.69) is 0 Å². The van der Waals surface area contributed by atoms with Crippen LogP contribution in [0.3, 0.4) is 0 Å². The highest BCUT2D eigenvalue weighted by atomic mass is 16.5. The molecule has 0 fully saturated rings. The number of carbonyl (C=O) groups excluding carboxylic acids is 1. The first-order valence-corrected chi connectivity index (χ1v) is 8.04. The zero-order valence-electron chi connectivity index (χ0n) is 13.5. The number of ether oxygens (including phenoxy) is 2. The van der Waals surface area contributed by atoms with Crippen LogP contribution in [0.5, 0.6) is 17.2 Å². The molecule has 0 aliphatic carbocycles. The number of phenolic OH excluding ortho intramolecular Hbond substituents is 1. The number of carbonyl (C=O) groups is 1. The number of unbranched alkanes of at least 4 members (excludes halogenated alkanes) is 3. The lowest BCUT2D eigenvalue weighted by Crippen LogP contribution is -2.08. The molecule has 2 rings (SSSR count). The summed E-state index contributed by atoms with van der Waals surface area (Å²) in [6.45, 7) is 0.852. The molecule has 5 heteroatoms. The summed E-state index contributed by atoms with van der Waals surface area (Å²) in [4.78, 5) is 12.0. The third-order valence-corrected chi connectivity index (χ3v) is 3.46. The number of benzene rings is 2. The Hall–Kier alpha value is -2.53. The van der Waals surface area contributed by atoms with Crippen LogP contribution < -0.4 is 9.47 Å². The number of phenols is 1. The second kappa shape index (κ2) is 9.57. The molecule has 0 unspecified atom stereocenters. The van der Waals surface area contributed by atoms with Gasteiger partial charge in [-0.25, -0.2) is 4.79 Å². The van der Waals surface area contributed by atoms with Gasteiger partial charge in [0, 0.05) is 6.61 Å². The van der Waals surface area contributed by atoms with Crippen LogP contribution in [0.15, 0.2) is 48.5 Å². The van der Waals surface area contributed by atoms with Gasteiger partial charge in [-0.3, -0.25) is 0 Å². The molecule has 0 atom stereocenters. The highest BCUT2D eigenvalue weighted by molar-refractivity contribution is 5.91. The smallest absolute Gasteiger partial charge is 0.343 e. The lowest BCUT2D eigenvalue weighted by molar-refractivity contribution is 0.0734. The van der Waals surface area contributed by atoms with E-state index < -0.39 is 5.97 Å². The molecule has 0 radical (unpaired) electrons. The Bertz CT molecular complexity index is 619. The largest absolute Gasteiger partial charge is 0.508 e. The average Bonchev–Trinajstić information content (AvgIpc) is 2.60. The SMILES string of the molecule is O=C(Oc1ccc(O)cc1)c1ccc(OCCCCCCO)cc1. The molecule has 128 valence electrons. The monoisotopic (exact) mass is 330 g/mol. The number of esters is 1. The molecule has 0 spiro atoms. The van der Waals surface area contributed by atoms with Gasteiger partial charge in [0.05, 0.1) is 12.2 Å². The molecule has 0 heterocycles. The van der Waals surface area contributed by atoms with Gasteiger partial charge in [0.1, 0.15) is 17.2 Å². The van der Waals surface area contributed by atoms with Gasteiger partial charge in [-0.15, -0.1) is 0 Å². The standard InChI is InChI=1S/C19H22O5/c20-13-3-1-2-4-14-23-17-9-5-15(6-10-17)19(22)24-18-11-7-16(21)8-12-18/h5-12,20-21H,1-4,13-14H2. The summed E-state index contributed by atoms with van der Waals surface area (Å²) in [5.74, 6) is 0.739. The van der Waals surface area contributed by atoms with E-state index in [0.717, 1.165) is 25.7 Å². The third-order valence-electron chi connectivity index (χ3n) is 3.46. The third kappa shape index (κ3) is 5.93. The maximum Gasteiger partial charge on any atom is 0.343 e. The normalized spacial score (nSPS) is 10.4. The summed E-state index contributed by atoms with van der Waals surface area (Å²) in [7, 11) is 0. The summed E-state index contributed by atoms with van der Waals surface area (Å²) in [5, 5.41) is 17.9. The van der Waals surface area contributed by atoms with Crippen LogP contribution in [0.25, 0.3) is 0 Å². The molecule has 5 nitrogen and oxygen atoms in total. The molecule has 0 aromatic heterocycles. The van der Waals surface area contributed by atoms with Gasteiger partial charge in [-0.05, 0) is 67.8 Å². The van der Waals surface area contributed by atoms with Crippen molar-refractivity contribution in [3.8, 4) is 17.2 Å². The van der Waals surface area contributed by atoms with Crippen molar-refractivity contribution in [2.24, 2.45) is 0 Å². The van der Waals surface area contributed by atoms with Crippen LogP contribution in [-0.2, 0) is 0 Å². The average molecular weight is 330 g/mol. The number of aliphatic hydroxyl groups is 1. The fourth-order valence-corrected chi connectivity index (χ4v) is 2.12. The summed E-state index contributed by atoms with van der Waals surface area (Å²) in [5.41, 5.74) is 0.429. The zero-order valence-corrected chi connectivity index (χ0v) is 13.5. The maximum absolute atomic E-state index is 12.0. The summed E-state index contributed by atoms with van der Waals surface area (Å²) in [6, 6.07) is 12.8. The van der Waals surface area contributed by atoms with Crippen molar-refractivity contribution in [3.63, 3.8) is 0 Å². The van der Waals surface area contributed by atoms with Crippen LogP contribution in [0.4, 0.5) is 0 Å². The van der Waals surface area contributed by atoms with Crippen molar-refractivity contribution in [1.29, 1.82) is 0 Å². The summed E-state index contributed by atoms with van der Waals surface area (Å²) in [6.07, 6.45) is 3.79. The summed E-state index contributed by atoms with van der Waals surface area (Å²) >= 11 is 0. The number of aliphatic hydroxyl groups excluding tert-OH is 1. The second-order valence-corrected chi connectivity index (χ2v) is 5.39. The fourth-order valence-electron chi connectivity index (χ4n) is 2.12. The minimum Gasteiger partial charge on any atom is -0.508 e. The maximum atomic E-state index is 12.0. The molecular weight excluding hydrogens is 308 g/mol. The molecule has 2 N–H and O–H groups in total. The fraction of sp³-hybridized carbons (Fsp3) is 0.316. The predicted molar refractivity (Wildman–Crippen MR) is 90.6 cm³/mol. The molecule has 24 heavy (non-hydrogen) atoms. The van der Waals surface area contributed by atoms with Crippen LogP contribution in [0.2, 0.25) is 0 Å². The summed E-state index contributed by atoms with van der Waals surface area (Å²) < 4.78 is 10.8. The molecule has 0 aliphatic heterocycles. The van der Waals surface area contributed by atoms with Gasteiger partial charge in [-0.1, -0.05) is 6.42 Å².